The number of aryl methyl sites for hydroxylation is 2. The lowest BCUT2D eigenvalue weighted by atomic mass is 10.1. The second-order valence-electron chi connectivity index (χ2n) is 4.12. The van der Waals surface area contributed by atoms with Crippen LogP contribution in [-0.2, 0) is 11.3 Å². The van der Waals surface area contributed by atoms with Gasteiger partial charge >= 0.3 is 10.8 Å². The fourth-order valence-electron chi connectivity index (χ4n) is 1.87. The smallest absolute Gasteiger partial charge is 0.323 e. The van der Waals surface area contributed by atoms with Crippen molar-refractivity contribution in [2.24, 2.45) is 0 Å². The zero-order valence-electron chi connectivity index (χ0n) is 10.1. The van der Waals surface area contributed by atoms with Crippen LogP contribution in [0.25, 0.3) is 11.3 Å². The Bertz CT molecular complexity index is 637. The summed E-state index contributed by atoms with van der Waals surface area (Å²) in [6.07, 6.45) is 0. The summed E-state index contributed by atoms with van der Waals surface area (Å²) in [5, 5.41) is 8.86. The maximum Gasteiger partial charge on any atom is 0.323 e. The van der Waals surface area contributed by atoms with Crippen molar-refractivity contribution in [3.63, 3.8) is 0 Å². The molecule has 0 fully saturated rings. The third-order valence-electron chi connectivity index (χ3n) is 2.68. The number of carbonyl (C=O) groups is 1. The van der Waals surface area contributed by atoms with E-state index in [1.165, 1.54) is 4.57 Å². The fraction of sp³-hybridized carbons (Fsp3) is 0.231. The number of benzene rings is 1. The Labute approximate surface area is 108 Å². The third-order valence-corrected chi connectivity index (χ3v) is 3.58. The fourth-order valence-corrected chi connectivity index (χ4v) is 2.72. The van der Waals surface area contributed by atoms with Crippen molar-refractivity contribution in [3.05, 3.63) is 44.4 Å². The van der Waals surface area contributed by atoms with Gasteiger partial charge in [0.1, 0.15) is 6.54 Å². The van der Waals surface area contributed by atoms with Gasteiger partial charge in [0, 0.05) is 4.88 Å². The molecule has 2 rings (SSSR count). The first kappa shape index (κ1) is 12.6. The van der Waals surface area contributed by atoms with Gasteiger partial charge in [-0.25, -0.2) is 0 Å². The number of carboxylic acid groups (broad SMARTS) is 1. The summed E-state index contributed by atoms with van der Waals surface area (Å²) in [6, 6.07) is 7.70. The molecule has 18 heavy (non-hydrogen) atoms. The van der Waals surface area contributed by atoms with Crippen LogP contribution in [0.5, 0.6) is 0 Å². The van der Waals surface area contributed by atoms with Crippen LogP contribution >= 0.6 is 11.3 Å². The number of aromatic nitrogens is 1. The molecule has 0 amide bonds. The highest BCUT2D eigenvalue weighted by Gasteiger charge is 2.15. The van der Waals surface area contributed by atoms with Crippen molar-refractivity contribution in [1.82, 2.24) is 4.57 Å². The molecule has 0 saturated carbocycles. The van der Waals surface area contributed by atoms with Crippen molar-refractivity contribution in [2.75, 3.05) is 0 Å². The van der Waals surface area contributed by atoms with Gasteiger partial charge in [0.15, 0.2) is 0 Å². The van der Waals surface area contributed by atoms with Gasteiger partial charge in [-0.1, -0.05) is 41.2 Å². The number of nitrogens with zero attached hydrogens (tertiary/aromatic N) is 1. The molecule has 0 spiro atoms. The number of carboxylic acids is 1. The molecule has 0 bridgehead atoms. The Morgan fingerprint density at radius 1 is 1.28 bits per heavy atom. The van der Waals surface area contributed by atoms with Crippen LogP contribution in [0, 0.1) is 13.8 Å². The molecular weight excluding hydrogens is 250 g/mol. The average molecular weight is 263 g/mol. The van der Waals surface area contributed by atoms with E-state index in [4.69, 9.17) is 5.11 Å². The first-order valence-corrected chi connectivity index (χ1v) is 6.29. The van der Waals surface area contributed by atoms with Crippen LogP contribution in [0.1, 0.15) is 10.4 Å². The first-order valence-electron chi connectivity index (χ1n) is 5.48. The van der Waals surface area contributed by atoms with E-state index < -0.39 is 5.97 Å². The van der Waals surface area contributed by atoms with Crippen molar-refractivity contribution in [1.29, 1.82) is 0 Å². The quantitative estimate of drug-likeness (QED) is 0.924. The van der Waals surface area contributed by atoms with Gasteiger partial charge in [-0.15, -0.1) is 0 Å². The highest BCUT2D eigenvalue weighted by Crippen LogP contribution is 2.25. The third kappa shape index (κ3) is 2.36. The lowest BCUT2D eigenvalue weighted by Crippen LogP contribution is -2.19. The molecule has 0 saturated heterocycles. The van der Waals surface area contributed by atoms with Crippen LogP contribution in [0.4, 0.5) is 0 Å². The summed E-state index contributed by atoms with van der Waals surface area (Å²) in [4.78, 5) is 23.2. The van der Waals surface area contributed by atoms with Crippen molar-refractivity contribution >= 4 is 17.3 Å². The molecule has 0 radical (unpaired) electrons. The maximum absolute atomic E-state index is 11.8. The van der Waals surface area contributed by atoms with Gasteiger partial charge in [0.2, 0.25) is 0 Å². The van der Waals surface area contributed by atoms with Gasteiger partial charge in [-0.05, 0) is 19.4 Å². The molecule has 0 atom stereocenters. The summed E-state index contributed by atoms with van der Waals surface area (Å²) >= 11 is 1.08. The molecule has 0 unspecified atom stereocenters. The average Bonchev–Trinajstić information content (AvgIpc) is 2.55. The summed E-state index contributed by atoms with van der Waals surface area (Å²) in [7, 11) is 0. The van der Waals surface area contributed by atoms with E-state index in [1.54, 1.807) is 0 Å². The molecule has 1 aromatic heterocycles. The monoisotopic (exact) mass is 263 g/mol. The number of hydrogen-bond acceptors (Lipinski definition) is 3. The van der Waals surface area contributed by atoms with E-state index in [1.807, 2.05) is 38.1 Å². The molecule has 2 aromatic rings. The molecule has 5 heteroatoms. The Hall–Kier alpha value is -1.88. The van der Waals surface area contributed by atoms with Crippen LogP contribution in [0.3, 0.4) is 0 Å². The van der Waals surface area contributed by atoms with Gasteiger partial charge in [0.25, 0.3) is 0 Å². The Morgan fingerprint density at radius 3 is 2.44 bits per heavy atom. The molecule has 0 aliphatic rings. The summed E-state index contributed by atoms with van der Waals surface area (Å²) in [5.41, 5.74) is 2.70. The van der Waals surface area contributed by atoms with Crippen molar-refractivity contribution in [3.8, 4) is 11.3 Å². The van der Waals surface area contributed by atoms with Crippen LogP contribution in [-0.4, -0.2) is 15.6 Å². The lowest BCUT2D eigenvalue weighted by molar-refractivity contribution is -0.137. The van der Waals surface area contributed by atoms with Crippen molar-refractivity contribution < 1.29 is 9.90 Å². The maximum atomic E-state index is 11.8. The van der Waals surface area contributed by atoms with E-state index in [2.05, 4.69) is 0 Å². The second-order valence-corrected chi connectivity index (χ2v) is 5.28. The van der Waals surface area contributed by atoms with Crippen LogP contribution < -0.4 is 4.87 Å². The molecule has 1 heterocycles. The molecule has 1 N–H and O–H groups in total. The van der Waals surface area contributed by atoms with Gasteiger partial charge in [-0.2, -0.15) is 0 Å². The topological polar surface area (TPSA) is 59.3 Å². The standard InChI is InChI=1S/C13H13NO3S/c1-8-3-5-10(6-4-8)12-9(2)18-13(17)14(12)7-11(15)16/h3-6H,7H2,1-2H3,(H,15,16). The highest BCUT2D eigenvalue weighted by atomic mass is 32.1. The Morgan fingerprint density at radius 2 is 1.89 bits per heavy atom. The van der Waals surface area contributed by atoms with E-state index >= 15 is 0 Å². The predicted octanol–water partition coefficient (Wildman–Crippen LogP) is 2.28. The normalized spacial score (nSPS) is 10.6. The summed E-state index contributed by atoms with van der Waals surface area (Å²) < 4.78 is 1.31. The predicted molar refractivity (Wildman–Crippen MR) is 71.1 cm³/mol. The first-order chi connectivity index (χ1) is 8.49. The highest BCUT2D eigenvalue weighted by molar-refractivity contribution is 7.09. The van der Waals surface area contributed by atoms with Gasteiger partial charge in [-0.3, -0.25) is 14.2 Å². The minimum atomic E-state index is -1.01. The molecule has 0 aliphatic carbocycles. The Balaban J connectivity index is 2.59. The zero-order chi connectivity index (χ0) is 13.3. The van der Waals surface area contributed by atoms with Gasteiger partial charge < -0.3 is 5.11 Å². The van der Waals surface area contributed by atoms with Crippen LogP contribution in [0.15, 0.2) is 29.1 Å². The molecule has 0 aliphatic heterocycles. The van der Waals surface area contributed by atoms with E-state index in [-0.39, 0.29) is 11.4 Å². The molecule has 4 nitrogen and oxygen atoms in total. The summed E-state index contributed by atoms with van der Waals surface area (Å²) in [5.74, 6) is -1.01. The molecule has 1 aromatic carbocycles. The second kappa shape index (κ2) is 4.78. The number of rotatable bonds is 3. The zero-order valence-corrected chi connectivity index (χ0v) is 11.0. The largest absolute Gasteiger partial charge is 0.480 e. The minimum absolute atomic E-state index is 0.231. The van der Waals surface area contributed by atoms with Gasteiger partial charge in [0.05, 0.1) is 5.69 Å². The summed E-state index contributed by atoms with van der Waals surface area (Å²) in [6.45, 7) is 3.51. The number of thiazole rings is 1. The van der Waals surface area contributed by atoms with Crippen molar-refractivity contribution in [2.45, 2.75) is 20.4 Å². The molecular formula is C13H13NO3S. The minimum Gasteiger partial charge on any atom is -0.480 e. The Kier molecular flexibility index (Phi) is 3.34. The van der Waals surface area contributed by atoms with E-state index in [0.29, 0.717) is 5.69 Å². The van der Waals surface area contributed by atoms with E-state index in [0.717, 1.165) is 27.3 Å². The van der Waals surface area contributed by atoms with Crippen LogP contribution in [0.2, 0.25) is 0 Å². The molecule has 94 valence electrons. The van der Waals surface area contributed by atoms with E-state index in [9.17, 15) is 9.59 Å². The lowest BCUT2D eigenvalue weighted by Gasteiger charge is -2.07. The SMILES string of the molecule is Cc1ccc(-c2c(C)sc(=O)n2CC(=O)O)cc1. The number of hydrogen-bond donors (Lipinski definition) is 1. The number of aliphatic carboxylic acids is 1.